The van der Waals surface area contributed by atoms with E-state index in [4.69, 9.17) is 5.73 Å². The minimum absolute atomic E-state index is 0.208. The molecule has 1 aromatic rings. The van der Waals surface area contributed by atoms with E-state index in [-0.39, 0.29) is 12.3 Å². The summed E-state index contributed by atoms with van der Waals surface area (Å²) < 4.78 is 0. The van der Waals surface area contributed by atoms with Crippen molar-refractivity contribution in [3.05, 3.63) is 35.9 Å². The number of carbonyl (C=O) groups is 1. The Morgan fingerprint density at radius 1 is 1.40 bits per heavy atom. The maximum absolute atomic E-state index is 10.7. The van der Waals surface area contributed by atoms with E-state index in [1.54, 1.807) is 0 Å². The summed E-state index contributed by atoms with van der Waals surface area (Å²) in [5.41, 5.74) is 4.99. The fourth-order valence-corrected chi connectivity index (χ4v) is 1.60. The Labute approximate surface area is 89.9 Å². The molecule has 0 radical (unpaired) electrons. The Hall–Kier alpha value is -1.35. The van der Waals surface area contributed by atoms with E-state index >= 15 is 0 Å². The molecule has 3 heteroatoms. The van der Waals surface area contributed by atoms with Gasteiger partial charge in [-0.25, -0.2) is 0 Å². The molecule has 15 heavy (non-hydrogen) atoms. The van der Waals surface area contributed by atoms with E-state index in [1.807, 2.05) is 37.3 Å². The summed E-state index contributed by atoms with van der Waals surface area (Å²) in [7, 11) is 0. The molecular formula is C12H17NO2. The first kappa shape index (κ1) is 11.7. The number of primary amides is 1. The lowest BCUT2D eigenvalue weighted by Crippen LogP contribution is -2.27. The van der Waals surface area contributed by atoms with Crippen LogP contribution in [-0.2, 0) is 10.4 Å². The van der Waals surface area contributed by atoms with Crippen LogP contribution in [0.4, 0.5) is 0 Å². The highest BCUT2D eigenvalue weighted by molar-refractivity contribution is 5.73. The van der Waals surface area contributed by atoms with Crippen molar-refractivity contribution in [3.63, 3.8) is 0 Å². The van der Waals surface area contributed by atoms with Crippen molar-refractivity contribution in [2.45, 2.75) is 31.8 Å². The second kappa shape index (κ2) is 4.94. The van der Waals surface area contributed by atoms with Crippen LogP contribution in [0.3, 0.4) is 0 Å². The maximum atomic E-state index is 10.7. The number of aliphatic hydroxyl groups is 1. The van der Waals surface area contributed by atoms with Crippen molar-refractivity contribution in [3.8, 4) is 0 Å². The lowest BCUT2D eigenvalue weighted by Gasteiger charge is -2.26. The average molecular weight is 207 g/mol. The molecule has 0 aliphatic carbocycles. The molecule has 1 amide bonds. The number of carbonyl (C=O) groups excluding carboxylic acids is 1. The lowest BCUT2D eigenvalue weighted by molar-refractivity contribution is -0.119. The van der Waals surface area contributed by atoms with Crippen molar-refractivity contribution in [1.82, 2.24) is 0 Å². The molecule has 3 nitrogen and oxygen atoms in total. The molecule has 3 N–H and O–H groups in total. The monoisotopic (exact) mass is 207 g/mol. The third-order valence-corrected chi connectivity index (χ3v) is 2.68. The van der Waals surface area contributed by atoms with Gasteiger partial charge >= 0.3 is 0 Å². The van der Waals surface area contributed by atoms with Crippen LogP contribution in [0.1, 0.15) is 31.7 Å². The second-order valence-corrected chi connectivity index (χ2v) is 3.72. The van der Waals surface area contributed by atoms with Gasteiger partial charge in [0.25, 0.3) is 0 Å². The van der Waals surface area contributed by atoms with Crippen LogP contribution < -0.4 is 5.73 Å². The van der Waals surface area contributed by atoms with Gasteiger partial charge in [-0.15, -0.1) is 0 Å². The van der Waals surface area contributed by atoms with Crippen molar-refractivity contribution >= 4 is 5.91 Å². The van der Waals surface area contributed by atoms with Crippen LogP contribution in [0.25, 0.3) is 0 Å². The second-order valence-electron chi connectivity index (χ2n) is 3.72. The molecule has 82 valence electrons. The largest absolute Gasteiger partial charge is 0.385 e. The van der Waals surface area contributed by atoms with E-state index in [0.717, 1.165) is 5.56 Å². The van der Waals surface area contributed by atoms with Gasteiger partial charge in [-0.2, -0.15) is 0 Å². The molecular weight excluding hydrogens is 190 g/mol. The summed E-state index contributed by atoms with van der Waals surface area (Å²) in [6.07, 6.45) is 1.16. The smallest absolute Gasteiger partial charge is 0.217 e. The van der Waals surface area contributed by atoms with E-state index in [9.17, 15) is 9.90 Å². The number of hydrogen-bond acceptors (Lipinski definition) is 2. The van der Waals surface area contributed by atoms with Crippen LogP contribution in [0, 0.1) is 0 Å². The molecule has 0 aliphatic heterocycles. The van der Waals surface area contributed by atoms with Gasteiger partial charge in [0.05, 0.1) is 5.60 Å². The standard InChI is InChI=1S/C12H17NO2/c1-2-12(15,9-8-11(13)14)10-6-4-3-5-7-10/h3-7,15H,2,8-9H2,1H3,(H2,13,14)/t12-/m0/s1. The molecule has 0 saturated heterocycles. The van der Waals surface area contributed by atoms with Crippen LogP contribution in [-0.4, -0.2) is 11.0 Å². The first-order chi connectivity index (χ1) is 7.08. The Morgan fingerprint density at radius 3 is 2.47 bits per heavy atom. The quantitative estimate of drug-likeness (QED) is 0.769. The van der Waals surface area contributed by atoms with E-state index < -0.39 is 5.60 Å². The Bertz CT molecular complexity index is 324. The van der Waals surface area contributed by atoms with Gasteiger partial charge in [0.15, 0.2) is 0 Å². The zero-order chi connectivity index (χ0) is 11.3. The zero-order valence-electron chi connectivity index (χ0n) is 8.94. The predicted molar refractivity (Wildman–Crippen MR) is 59.1 cm³/mol. The van der Waals surface area contributed by atoms with Crippen LogP contribution >= 0.6 is 0 Å². The predicted octanol–water partition coefficient (Wildman–Crippen LogP) is 1.55. The fourth-order valence-electron chi connectivity index (χ4n) is 1.60. The molecule has 0 fully saturated rings. The number of amides is 1. The van der Waals surface area contributed by atoms with Gasteiger partial charge in [-0.05, 0) is 18.4 Å². The molecule has 1 atom stereocenters. The highest BCUT2D eigenvalue weighted by Crippen LogP contribution is 2.29. The van der Waals surface area contributed by atoms with Crippen LogP contribution in [0.5, 0.6) is 0 Å². The normalized spacial score (nSPS) is 14.5. The van der Waals surface area contributed by atoms with Gasteiger partial charge in [-0.1, -0.05) is 37.3 Å². The number of hydrogen-bond donors (Lipinski definition) is 2. The summed E-state index contributed by atoms with van der Waals surface area (Å²) in [5, 5.41) is 10.3. The molecule has 0 aliphatic rings. The number of nitrogens with two attached hydrogens (primary N) is 1. The molecule has 0 spiro atoms. The average Bonchev–Trinajstić information content (AvgIpc) is 2.27. The van der Waals surface area contributed by atoms with E-state index in [1.165, 1.54) is 0 Å². The van der Waals surface area contributed by atoms with Crippen molar-refractivity contribution < 1.29 is 9.90 Å². The first-order valence-corrected chi connectivity index (χ1v) is 5.14. The lowest BCUT2D eigenvalue weighted by atomic mass is 9.87. The van der Waals surface area contributed by atoms with Crippen molar-refractivity contribution in [2.24, 2.45) is 5.73 Å². The number of benzene rings is 1. The van der Waals surface area contributed by atoms with Crippen LogP contribution in [0.2, 0.25) is 0 Å². The summed E-state index contributed by atoms with van der Waals surface area (Å²) >= 11 is 0. The van der Waals surface area contributed by atoms with Gasteiger partial charge < -0.3 is 10.8 Å². The summed E-state index contributed by atoms with van der Waals surface area (Å²) in [6, 6.07) is 9.38. The Kier molecular flexibility index (Phi) is 3.86. The highest BCUT2D eigenvalue weighted by Gasteiger charge is 2.26. The van der Waals surface area contributed by atoms with Crippen molar-refractivity contribution in [1.29, 1.82) is 0 Å². The molecule has 0 saturated carbocycles. The van der Waals surface area contributed by atoms with Gasteiger partial charge in [0.2, 0.25) is 5.91 Å². The fraction of sp³-hybridized carbons (Fsp3) is 0.417. The molecule has 1 aromatic carbocycles. The SMILES string of the molecule is CC[C@](O)(CCC(N)=O)c1ccccc1. The topological polar surface area (TPSA) is 63.3 Å². The number of rotatable bonds is 5. The highest BCUT2D eigenvalue weighted by atomic mass is 16.3. The summed E-state index contributed by atoms with van der Waals surface area (Å²) in [4.78, 5) is 10.7. The Morgan fingerprint density at radius 2 is 2.00 bits per heavy atom. The summed E-state index contributed by atoms with van der Waals surface area (Å²) in [5.74, 6) is -0.377. The van der Waals surface area contributed by atoms with Crippen LogP contribution in [0.15, 0.2) is 30.3 Å². The van der Waals surface area contributed by atoms with E-state index in [0.29, 0.717) is 12.8 Å². The van der Waals surface area contributed by atoms with Gasteiger partial charge in [-0.3, -0.25) is 4.79 Å². The van der Waals surface area contributed by atoms with Gasteiger partial charge in [0.1, 0.15) is 0 Å². The molecule has 0 heterocycles. The van der Waals surface area contributed by atoms with Gasteiger partial charge in [0, 0.05) is 6.42 Å². The Balaban J connectivity index is 2.80. The molecule has 0 bridgehead atoms. The third kappa shape index (κ3) is 3.06. The van der Waals surface area contributed by atoms with E-state index in [2.05, 4.69) is 0 Å². The third-order valence-electron chi connectivity index (χ3n) is 2.68. The minimum atomic E-state index is -0.934. The maximum Gasteiger partial charge on any atom is 0.217 e. The molecule has 0 unspecified atom stereocenters. The van der Waals surface area contributed by atoms with Crippen molar-refractivity contribution in [2.75, 3.05) is 0 Å². The minimum Gasteiger partial charge on any atom is -0.385 e. The molecule has 1 rings (SSSR count). The molecule has 0 aromatic heterocycles. The first-order valence-electron chi connectivity index (χ1n) is 5.14. The summed E-state index contributed by atoms with van der Waals surface area (Å²) in [6.45, 7) is 1.90. The zero-order valence-corrected chi connectivity index (χ0v) is 8.94.